The number of fused-ring (bicyclic) bond motifs is 1. The molecule has 1 aromatic carbocycles. The minimum absolute atomic E-state index is 0.0247. The highest BCUT2D eigenvalue weighted by Crippen LogP contribution is 2.24. The van der Waals surface area contributed by atoms with Crippen molar-refractivity contribution < 1.29 is 9.53 Å². The van der Waals surface area contributed by atoms with Gasteiger partial charge < -0.3 is 20.4 Å². The summed E-state index contributed by atoms with van der Waals surface area (Å²) in [6.07, 6.45) is 1.60. The molecule has 1 aromatic heterocycles. The second kappa shape index (κ2) is 8.61. The molecule has 2 aromatic rings. The molecule has 0 unspecified atom stereocenters. The summed E-state index contributed by atoms with van der Waals surface area (Å²) in [6, 6.07) is 7.38. The topological polar surface area (TPSA) is 105 Å². The first kappa shape index (κ1) is 20.0. The molecule has 0 saturated carbocycles. The van der Waals surface area contributed by atoms with E-state index in [0.717, 1.165) is 19.4 Å². The number of para-hydroxylation sites is 1. The van der Waals surface area contributed by atoms with Crippen LogP contribution >= 0.6 is 0 Å². The Bertz CT molecular complexity index is 930. The predicted octanol–water partition coefficient (Wildman–Crippen LogP) is 0.710. The number of ether oxygens (including phenoxy) is 1. The molecule has 0 radical (unpaired) electrons. The van der Waals surface area contributed by atoms with E-state index in [4.69, 9.17) is 10.5 Å². The van der Waals surface area contributed by atoms with Gasteiger partial charge in [-0.25, -0.2) is 4.98 Å². The summed E-state index contributed by atoms with van der Waals surface area (Å²) >= 11 is 0. The molecule has 2 saturated heterocycles. The summed E-state index contributed by atoms with van der Waals surface area (Å²) < 4.78 is 5.82. The van der Waals surface area contributed by atoms with Crippen molar-refractivity contribution in [1.82, 2.24) is 19.8 Å². The van der Waals surface area contributed by atoms with Crippen molar-refractivity contribution in [2.75, 3.05) is 32.8 Å². The van der Waals surface area contributed by atoms with E-state index >= 15 is 0 Å². The summed E-state index contributed by atoms with van der Waals surface area (Å²) in [6.45, 7) is 5.51. The van der Waals surface area contributed by atoms with Crippen molar-refractivity contribution in [1.29, 1.82) is 0 Å². The highest BCUT2D eigenvalue weighted by atomic mass is 16.5. The fourth-order valence-corrected chi connectivity index (χ4v) is 4.48. The Morgan fingerprint density at radius 1 is 1.34 bits per heavy atom. The van der Waals surface area contributed by atoms with Gasteiger partial charge in [-0.05, 0) is 30.9 Å². The molecule has 8 heteroatoms. The molecular weight excluding hydrogens is 370 g/mol. The van der Waals surface area contributed by atoms with E-state index in [-0.39, 0.29) is 17.5 Å². The van der Waals surface area contributed by atoms with E-state index in [0.29, 0.717) is 55.4 Å². The molecular formula is C21H29N5O3. The number of carbonyl (C=O) groups is 1. The first-order valence-electron chi connectivity index (χ1n) is 10.4. The number of nitrogens with two attached hydrogens (primary N) is 1. The highest BCUT2D eigenvalue weighted by molar-refractivity contribution is 5.82. The molecule has 1 amide bonds. The van der Waals surface area contributed by atoms with Gasteiger partial charge in [-0.1, -0.05) is 19.1 Å². The zero-order valence-electron chi connectivity index (χ0n) is 16.8. The second-order valence-corrected chi connectivity index (χ2v) is 8.08. The molecule has 4 rings (SSSR count). The van der Waals surface area contributed by atoms with Crippen molar-refractivity contribution in [3.05, 3.63) is 40.4 Å². The molecule has 3 atom stereocenters. The van der Waals surface area contributed by atoms with Gasteiger partial charge in [0, 0.05) is 32.2 Å². The monoisotopic (exact) mass is 399 g/mol. The van der Waals surface area contributed by atoms with Gasteiger partial charge in [0.25, 0.3) is 11.5 Å². The third-order valence-electron chi connectivity index (χ3n) is 6.10. The smallest absolute Gasteiger partial charge is 0.258 e. The Labute approximate surface area is 170 Å². The Balaban J connectivity index is 1.46. The average Bonchev–Trinajstić information content (AvgIpc) is 2.73. The van der Waals surface area contributed by atoms with Crippen LogP contribution in [-0.4, -0.2) is 70.6 Å². The van der Waals surface area contributed by atoms with E-state index in [2.05, 4.69) is 21.8 Å². The highest BCUT2D eigenvalue weighted by Gasteiger charge is 2.36. The average molecular weight is 399 g/mol. The molecule has 2 aliphatic heterocycles. The van der Waals surface area contributed by atoms with E-state index in [1.165, 1.54) is 0 Å². The normalized spacial score (nSPS) is 26.0. The fraction of sp³-hybridized carbons (Fsp3) is 0.571. The Morgan fingerprint density at radius 2 is 2.17 bits per heavy atom. The maximum atomic E-state index is 13.1. The molecule has 2 fully saturated rings. The first-order valence-corrected chi connectivity index (χ1v) is 10.4. The van der Waals surface area contributed by atoms with E-state index in [1.54, 1.807) is 6.07 Å². The van der Waals surface area contributed by atoms with Crippen LogP contribution in [0.25, 0.3) is 10.9 Å². The summed E-state index contributed by atoms with van der Waals surface area (Å²) in [5.41, 5.74) is 6.49. The molecule has 2 aliphatic rings. The summed E-state index contributed by atoms with van der Waals surface area (Å²) in [5.74, 6) is 1.04. The van der Waals surface area contributed by atoms with Crippen LogP contribution in [-0.2, 0) is 16.1 Å². The Morgan fingerprint density at radius 3 is 3.00 bits per heavy atom. The van der Waals surface area contributed by atoms with Gasteiger partial charge >= 0.3 is 0 Å². The number of piperidine rings is 1. The second-order valence-electron chi connectivity index (χ2n) is 8.08. The van der Waals surface area contributed by atoms with Gasteiger partial charge in [-0.3, -0.25) is 14.5 Å². The fourth-order valence-electron chi connectivity index (χ4n) is 4.48. The van der Waals surface area contributed by atoms with Gasteiger partial charge in [0.15, 0.2) is 0 Å². The number of nitrogens with zero attached hydrogens (tertiary/aromatic N) is 3. The lowest BCUT2D eigenvalue weighted by atomic mass is 9.90. The molecule has 8 nitrogen and oxygen atoms in total. The number of aromatic amines is 1. The SMILES string of the molecule is C[C@@H]1CCCN(C(=O)[C@H]2CN(Cc3nc4ccccc4c(=O)[nH]3)CCO2)[C@@H]1CN. The number of rotatable bonds is 4. The zero-order valence-corrected chi connectivity index (χ0v) is 16.8. The number of benzene rings is 1. The van der Waals surface area contributed by atoms with E-state index in [1.807, 2.05) is 23.1 Å². The van der Waals surface area contributed by atoms with Gasteiger partial charge in [0.2, 0.25) is 0 Å². The number of H-pyrrole nitrogens is 1. The first-order chi connectivity index (χ1) is 14.1. The van der Waals surface area contributed by atoms with Crippen molar-refractivity contribution in [2.45, 2.75) is 38.5 Å². The lowest BCUT2D eigenvalue weighted by Crippen LogP contribution is -2.57. The van der Waals surface area contributed by atoms with Crippen molar-refractivity contribution in [3.8, 4) is 0 Å². The van der Waals surface area contributed by atoms with Crippen LogP contribution < -0.4 is 11.3 Å². The molecule has 0 aliphatic carbocycles. The number of amides is 1. The third-order valence-corrected chi connectivity index (χ3v) is 6.10. The van der Waals surface area contributed by atoms with Crippen LogP contribution in [0.3, 0.4) is 0 Å². The predicted molar refractivity (Wildman–Crippen MR) is 110 cm³/mol. The van der Waals surface area contributed by atoms with Crippen molar-refractivity contribution in [2.24, 2.45) is 11.7 Å². The largest absolute Gasteiger partial charge is 0.366 e. The van der Waals surface area contributed by atoms with E-state index in [9.17, 15) is 9.59 Å². The molecule has 0 spiro atoms. The van der Waals surface area contributed by atoms with Crippen molar-refractivity contribution in [3.63, 3.8) is 0 Å². The third kappa shape index (κ3) is 4.19. The lowest BCUT2D eigenvalue weighted by molar-refractivity contribution is -0.154. The maximum Gasteiger partial charge on any atom is 0.258 e. The lowest BCUT2D eigenvalue weighted by Gasteiger charge is -2.42. The van der Waals surface area contributed by atoms with Crippen LogP contribution in [0.4, 0.5) is 0 Å². The standard InChI is InChI=1S/C21H29N5O3/c1-14-5-4-8-26(17(14)11-22)21(28)18-12-25(9-10-29-18)13-19-23-16-7-3-2-6-15(16)20(27)24-19/h2-3,6-7,14,17-18H,4-5,8-13,22H2,1H3,(H,23,24,27)/t14-,17-,18-/m1/s1. The number of nitrogens with one attached hydrogen (secondary N) is 1. The minimum atomic E-state index is -0.504. The number of aromatic nitrogens is 2. The maximum absolute atomic E-state index is 13.1. The number of likely N-dealkylation sites (tertiary alicyclic amines) is 1. The molecule has 156 valence electrons. The summed E-state index contributed by atoms with van der Waals surface area (Å²) in [7, 11) is 0. The molecule has 3 heterocycles. The van der Waals surface area contributed by atoms with Crippen LogP contribution in [0.1, 0.15) is 25.6 Å². The quantitative estimate of drug-likeness (QED) is 0.785. The number of hydrogen-bond donors (Lipinski definition) is 2. The molecule has 3 N–H and O–H groups in total. The Hall–Kier alpha value is -2.29. The number of morpholine rings is 1. The van der Waals surface area contributed by atoms with Gasteiger partial charge in [0.1, 0.15) is 11.9 Å². The Kier molecular flexibility index (Phi) is 5.94. The summed E-state index contributed by atoms with van der Waals surface area (Å²) in [4.78, 5) is 36.9. The van der Waals surface area contributed by atoms with Crippen molar-refractivity contribution >= 4 is 16.8 Å². The molecule has 29 heavy (non-hydrogen) atoms. The number of carbonyl (C=O) groups excluding carboxylic acids is 1. The van der Waals surface area contributed by atoms with Gasteiger partial charge in [-0.2, -0.15) is 0 Å². The minimum Gasteiger partial charge on any atom is -0.366 e. The van der Waals surface area contributed by atoms with Crippen LogP contribution in [0, 0.1) is 5.92 Å². The van der Waals surface area contributed by atoms with Crippen LogP contribution in [0.15, 0.2) is 29.1 Å². The molecule has 0 bridgehead atoms. The van der Waals surface area contributed by atoms with Crippen LogP contribution in [0.2, 0.25) is 0 Å². The number of hydrogen-bond acceptors (Lipinski definition) is 6. The van der Waals surface area contributed by atoms with Gasteiger partial charge in [0.05, 0.1) is 24.1 Å². The summed E-state index contributed by atoms with van der Waals surface area (Å²) in [5, 5.41) is 0.582. The zero-order chi connectivity index (χ0) is 20.4. The van der Waals surface area contributed by atoms with Gasteiger partial charge in [-0.15, -0.1) is 0 Å². The van der Waals surface area contributed by atoms with Crippen LogP contribution in [0.5, 0.6) is 0 Å². The van der Waals surface area contributed by atoms with E-state index < -0.39 is 6.10 Å².